The number of quaternary nitrogens is 1. The van der Waals surface area contributed by atoms with Crippen LogP contribution in [0.4, 0.5) is 0 Å². The summed E-state index contributed by atoms with van der Waals surface area (Å²) in [6.45, 7) is 4.28. The van der Waals surface area contributed by atoms with Crippen LogP contribution in [0.2, 0.25) is 0 Å². The maximum atomic E-state index is 11.9. The standard InChI is InChI=1S/C24H49NO2P/c1-6-8-9-10-11-12-13-14-15-16-17-18-19-20-21-22-23-24(7-2,28(26)27)25(3,4)5/h13-14H,6-12,15-23H2,1-5H3/q+1. The van der Waals surface area contributed by atoms with Crippen molar-refractivity contribution < 1.29 is 13.9 Å². The molecule has 0 aromatic heterocycles. The van der Waals surface area contributed by atoms with E-state index in [-0.39, 0.29) is 0 Å². The van der Waals surface area contributed by atoms with E-state index in [2.05, 4.69) is 19.1 Å². The van der Waals surface area contributed by atoms with Crippen LogP contribution in [0, 0.1) is 0 Å². The zero-order valence-corrected chi connectivity index (χ0v) is 20.6. The smallest absolute Gasteiger partial charge is 0.376 e. The molecule has 0 saturated carbocycles. The molecule has 166 valence electrons. The highest BCUT2D eigenvalue weighted by atomic mass is 31.1. The first-order valence-electron chi connectivity index (χ1n) is 11.9. The molecule has 4 heteroatoms. The summed E-state index contributed by atoms with van der Waals surface area (Å²) in [7, 11) is 3.61. The molecule has 28 heavy (non-hydrogen) atoms. The predicted octanol–water partition coefficient (Wildman–Crippen LogP) is 7.33. The van der Waals surface area contributed by atoms with E-state index >= 15 is 0 Å². The third kappa shape index (κ3) is 11.7. The van der Waals surface area contributed by atoms with Crippen LogP contribution in [0.1, 0.15) is 117 Å². The lowest BCUT2D eigenvalue weighted by atomic mass is 10.0. The van der Waals surface area contributed by atoms with Crippen molar-refractivity contribution in [3.8, 4) is 0 Å². The third-order valence-corrected chi connectivity index (χ3v) is 8.06. The number of allylic oxidation sites excluding steroid dienone is 2. The van der Waals surface area contributed by atoms with Gasteiger partial charge in [-0.1, -0.05) is 88.4 Å². The van der Waals surface area contributed by atoms with Crippen LogP contribution in [-0.2, 0) is 4.57 Å². The van der Waals surface area contributed by atoms with Crippen molar-refractivity contribution in [3.63, 3.8) is 0 Å². The van der Waals surface area contributed by atoms with Gasteiger partial charge in [0.15, 0.2) is 0 Å². The average molecular weight is 415 g/mol. The summed E-state index contributed by atoms with van der Waals surface area (Å²) < 4.78 is 12.4. The molecular weight excluding hydrogens is 365 g/mol. The van der Waals surface area contributed by atoms with Gasteiger partial charge in [-0.2, -0.15) is 0 Å². The number of hydrogen-bond donors (Lipinski definition) is 0. The molecule has 2 atom stereocenters. The summed E-state index contributed by atoms with van der Waals surface area (Å²) in [6, 6.07) is 0. The molecule has 0 aliphatic heterocycles. The quantitative estimate of drug-likeness (QED) is 0.0960. The van der Waals surface area contributed by atoms with Gasteiger partial charge >= 0.3 is 8.03 Å². The van der Waals surface area contributed by atoms with E-state index in [1.54, 1.807) is 0 Å². The SMILES string of the molecule is CCCCCCCC=CCCCCCCCCCC(CC)([P+](=O)[O-])[N+](C)(C)C. The zero-order valence-electron chi connectivity index (χ0n) is 19.7. The Morgan fingerprint density at radius 3 is 1.57 bits per heavy atom. The first kappa shape index (κ1) is 27.8. The minimum atomic E-state index is -2.41. The molecule has 0 heterocycles. The lowest BCUT2D eigenvalue weighted by molar-refractivity contribution is -0.910. The molecule has 0 rings (SSSR count). The Hall–Kier alpha value is -0.240. The van der Waals surface area contributed by atoms with Crippen molar-refractivity contribution in [2.24, 2.45) is 0 Å². The molecule has 0 fully saturated rings. The van der Waals surface area contributed by atoms with Gasteiger partial charge in [0.25, 0.3) is 5.28 Å². The molecule has 3 nitrogen and oxygen atoms in total. The molecule has 0 aliphatic rings. The number of unbranched alkanes of at least 4 members (excludes halogenated alkanes) is 12. The van der Waals surface area contributed by atoms with Crippen molar-refractivity contribution in [3.05, 3.63) is 12.2 Å². The van der Waals surface area contributed by atoms with Crippen molar-refractivity contribution in [1.29, 1.82) is 0 Å². The molecular formula is C24H49NO2P+. The van der Waals surface area contributed by atoms with Gasteiger partial charge in [0, 0.05) is 12.8 Å². The van der Waals surface area contributed by atoms with Gasteiger partial charge in [-0.15, -0.1) is 0 Å². The van der Waals surface area contributed by atoms with E-state index in [1.807, 2.05) is 28.1 Å². The maximum Gasteiger partial charge on any atom is 0.376 e. The maximum absolute atomic E-state index is 11.9. The zero-order chi connectivity index (χ0) is 21.3. The molecule has 0 amide bonds. The Morgan fingerprint density at radius 1 is 0.750 bits per heavy atom. The van der Waals surface area contributed by atoms with Crippen molar-refractivity contribution in [1.82, 2.24) is 0 Å². The van der Waals surface area contributed by atoms with E-state index in [1.165, 1.54) is 77.0 Å². The summed E-state index contributed by atoms with van der Waals surface area (Å²) in [5.41, 5.74) is 0. The van der Waals surface area contributed by atoms with E-state index in [4.69, 9.17) is 0 Å². The Labute approximate surface area is 177 Å². The van der Waals surface area contributed by atoms with E-state index in [9.17, 15) is 9.46 Å². The van der Waals surface area contributed by atoms with Gasteiger partial charge in [0.2, 0.25) is 0 Å². The molecule has 0 radical (unpaired) electrons. The molecule has 2 unspecified atom stereocenters. The van der Waals surface area contributed by atoms with Crippen molar-refractivity contribution in [2.75, 3.05) is 21.1 Å². The number of nitrogens with zero attached hydrogens (tertiary/aromatic N) is 1. The highest BCUT2D eigenvalue weighted by Gasteiger charge is 2.52. The van der Waals surface area contributed by atoms with Gasteiger partial charge in [0.05, 0.1) is 21.1 Å². The normalized spacial score (nSPS) is 15.1. The fraction of sp³-hybridized carbons (Fsp3) is 0.917. The third-order valence-electron chi connectivity index (χ3n) is 6.24. The van der Waals surface area contributed by atoms with Crippen molar-refractivity contribution >= 4 is 8.03 Å². The Balaban J connectivity index is 3.65. The second kappa shape index (κ2) is 16.5. The predicted molar refractivity (Wildman–Crippen MR) is 123 cm³/mol. The van der Waals surface area contributed by atoms with Crippen LogP contribution in [0.5, 0.6) is 0 Å². The highest BCUT2D eigenvalue weighted by molar-refractivity contribution is 7.38. The van der Waals surface area contributed by atoms with Crippen molar-refractivity contribution in [2.45, 2.75) is 122 Å². The van der Waals surface area contributed by atoms with E-state index in [0.717, 1.165) is 19.3 Å². The molecule has 0 aromatic rings. The summed E-state index contributed by atoms with van der Waals surface area (Å²) in [5.74, 6) is 0. The minimum Gasteiger partial charge on any atom is -0.590 e. The first-order valence-corrected chi connectivity index (χ1v) is 13.1. The molecule has 0 bridgehead atoms. The monoisotopic (exact) mass is 414 g/mol. The average Bonchev–Trinajstić information content (AvgIpc) is 2.63. The van der Waals surface area contributed by atoms with Gasteiger partial charge < -0.3 is 4.89 Å². The number of hydrogen-bond acceptors (Lipinski definition) is 2. The van der Waals surface area contributed by atoms with Gasteiger partial charge in [0.1, 0.15) is 0 Å². The minimum absolute atomic E-state index is 0.508. The Morgan fingerprint density at radius 2 is 1.18 bits per heavy atom. The summed E-state index contributed by atoms with van der Waals surface area (Å²) in [6.07, 6.45) is 24.2. The van der Waals surface area contributed by atoms with Crippen LogP contribution in [0.3, 0.4) is 0 Å². The van der Waals surface area contributed by atoms with Crippen LogP contribution in [-0.4, -0.2) is 30.9 Å². The topological polar surface area (TPSA) is 40.1 Å². The summed E-state index contributed by atoms with van der Waals surface area (Å²) in [5, 5.41) is -0.600. The van der Waals surface area contributed by atoms with Gasteiger partial charge in [-0.05, 0) is 32.1 Å². The van der Waals surface area contributed by atoms with E-state index < -0.39 is 13.3 Å². The summed E-state index contributed by atoms with van der Waals surface area (Å²) in [4.78, 5) is 11.9. The fourth-order valence-corrected chi connectivity index (χ4v) is 5.20. The van der Waals surface area contributed by atoms with E-state index in [0.29, 0.717) is 10.9 Å². The fourth-order valence-electron chi connectivity index (χ4n) is 4.11. The lowest BCUT2D eigenvalue weighted by Crippen LogP contribution is -2.55. The van der Waals surface area contributed by atoms with Crippen LogP contribution >= 0.6 is 8.03 Å². The molecule has 0 aliphatic carbocycles. The number of rotatable bonds is 19. The molecule has 0 spiro atoms. The Kier molecular flexibility index (Phi) is 16.4. The molecule has 0 aromatic carbocycles. The second-order valence-corrected chi connectivity index (χ2v) is 10.6. The second-order valence-electron chi connectivity index (χ2n) is 9.29. The Bertz CT molecular complexity index is 417. The van der Waals surface area contributed by atoms with Gasteiger partial charge in [-0.3, -0.25) is 4.48 Å². The molecule has 0 saturated heterocycles. The first-order chi connectivity index (χ1) is 13.3. The van der Waals surface area contributed by atoms with Crippen LogP contribution in [0.25, 0.3) is 0 Å². The highest BCUT2D eigenvalue weighted by Crippen LogP contribution is 2.44. The van der Waals surface area contributed by atoms with Crippen LogP contribution < -0.4 is 4.89 Å². The van der Waals surface area contributed by atoms with Crippen LogP contribution in [0.15, 0.2) is 12.2 Å². The lowest BCUT2D eigenvalue weighted by Gasteiger charge is -2.39. The largest absolute Gasteiger partial charge is 0.590 e. The summed E-state index contributed by atoms with van der Waals surface area (Å²) >= 11 is 0. The molecule has 0 N–H and O–H groups in total. The van der Waals surface area contributed by atoms with Gasteiger partial charge in [-0.25, -0.2) is 0 Å².